The summed E-state index contributed by atoms with van der Waals surface area (Å²) < 4.78 is 5.47. The number of unbranched alkanes of at least 4 members (excludes halogenated alkanes) is 2. The van der Waals surface area contributed by atoms with Crippen LogP contribution in [0.1, 0.15) is 75.3 Å². The van der Waals surface area contributed by atoms with Gasteiger partial charge in [-0.25, -0.2) is 0 Å². The molecule has 1 aliphatic carbocycles. The predicted molar refractivity (Wildman–Crippen MR) is 122 cm³/mol. The molecule has 3 nitrogen and oxygen atoms in total. The number of hydrogen-bond acceptors (Lipinski definition) is 3. The van der Waals surface area contributed by atoms with Crippen molar-refractivity contribution in [2.45, 2.75) is 70.5 Å². The van der Waals surface area contributed by atoms with Crippen LogP contribution in [0, 0.1) is 5.92 Å². The Hall–Kier alpha value is -2.26. The van der Waals surface area contributed by atoms with E-state index in [9.17, 15) is 5.11 Å². The van der Waals surface area contributed by atoms with Crippen LogP contribution in [-0.2, 0) is 0 Å². The number of hydrogen-bond donors (Lipinski definition) is 2. The number of nitrogens with two attached hydrogens (primary N) is 1. The summed E-state index contributed by atoms with van der Waals surface area (Å²) in [4.78, 5) is 0. The fraction of sp³-hybridized carbons (Fsp3) is 0.462. The molecule has 1 unspecified atom stereocenters. The number of rotatable bonds is 9. The Morgan fingerprint density at radius 2 is 1.69 bits per heavy atom. The van der Waals surface area contributed by atoms with Crippen LogP contribution in [0.2, 0.25) is 0 Å². The zero-order valence-corrected chi connectivity index (χ0v) is 17.6. The average Bonchev–Trinajstić information content (AvgIpc) is 2.75. The Morgan fingerprint density at radius 1 is 1.00 bits per heavy atom. The summed E-state index contributed by atoms with van der Waals surface area (Å²) in [5.41, 5.74) is 8.85. The molecule has 0 heterocycles. The van der Waals surface area contributed by atoms with Crippen molar-refractivity contribution in [3.05, 3.63) is 65.7 Å². The third-order valence-electron chi connectivity index (χ3n) is 6.06. The largest absolute Gasteiger partial charge is 0.461 e. The third-order valence-corrected chi connectivity index (χ3v) is 6.06. The van der Waals surface area contributed by atoms with Gasteiger partial charge in [-0.2, -0.15) is 0 Å². The molecule has 3 N–H and O–H groups in total. The summed E-state index contributed by atoms with van der Waals surface area (Å²) in [6.45, 7) is 2.28. The van der Waals surface area contributed by atoms with Gasteiger partial charge < -0.3 is 15.6 Å². The highest BCUT2D eigenvalue weighted by molar-refractivity contribution is 5.50. The molecule has 156 valence electrons. The first kappa shape index (κ1) is 21.4. The van der Waals surface area contributed by atoms with Gasteiger partial charge in [0, 0.05) is 5.69 Å². The van der Waals surface area contributed by atoms with Crippen molar-refractivity contribution >= 4 is 11.8 Å². The highest BCUT2D eigenvalue weighted by atomic mass is 16.6. The summed E-state index contributed by atoms with van der Waals surface area (Å²) in [7, 11) is 0. The second kappa shape index (κ2) is 11.1. The SMILES string of the molecule is CCCCCC1CCC(c2ccc(/C=C/C(O)Oc3ccc(N)cc3)cc2)CC1. The minimum absolute atomic E-state index is 0.594. The molecule has 0 amide bonds. The zero-order valence-electron chi connectivity index (χ0n) is 17.6. The summed E-state index contributed by atoms with van der Waals surface area (Å²) in [5.74, 6) is 2.24. The van der Waals surface area contributed by atoms with E-state index in [1.165, 1.54) is 56.9 Å². The second-order valence-corrected chi connectivity index (χ2v) is 8.32. The van der Waals surface area contributed by atoms with Crippen LogP contribution in [0.15, 0.2) is 54.6 Å². The van der Waals surface area contributed by atoms with Crippen LogP contribution >= 0.6 is 0 Å². The van der Waals surface area contributed by atoms with E-state index >= 15 is 0 Å². The van der Waals surface area contributed by atoms with Crippen LogP contribution in [0.25, 0.3) is 6.08 Å². The number of anilines is 1. The normalized spacial score (nSPS) is 20.6. The number of benzene rings is 2. The monoisotopic (exact) mass is 393 g/mol. The average molecular weight is 394 g/mol. The lowest BCUT2D eigenvalue weighted by Crippen LogP contribution is -2.13. The molecule has 0 aliphatic heterocycles. The van der Waals surface area contributed by atoms with E-state index in [2.05, 4.69) is 31.2 Å². The van der Waals surface area contributed by atoms with Gasteiger partial charge in [-0.15, -0.1) is 0 Å². The number of ether oxygens (including phenoxy) is 1. The van der Waals surface area contributed by atoms with Crippen molar-refractivity contribution in [2.24, 2.45) is 5.92 Å². The maximum atomic E-state index is 10.1. The highest BCUT2D eigenvalue weighted by Gasteiger charge is 2.21. The Morgan fingerprint density at radius 3 is 2.34 bits per heavy atom. The van der Waals surface area contributed by atoms with E-state index in [-0.39, 0.29) is 0 Å². The number of aliphatic hydroxyl groups is 1. The molecule has 2 aromatic rings. The third kappa shape index (κ3) is 6.93. The lowest BCUT2D eigenvalue weighted by atomic mass is 9.77. The smallest absolute Gasteiger partial charge is 0.217 e. The zero-order chi connectivity index (χ0) is 20.5. The summed E-state index contributed by atoms with van der Waals surface area (Å²) in [5, 5.41) is 10.1. The Kier molecular flexibility index (Phi) is 8.18. The molecule has 1 atom stereocenters. The van der Waals surface area contributed by atoms with E-state index < -0.39 is 6.29 Å². The Bertz CT molecular complexity index is 743. The van der Waals surface area contributed by atoms with Crippen LogP contribution in [0.5, 0.6) is 5.75 Å². The van der Waals surface area contributed by atoms with E-state index in [1.807, 2.05) is 6.08 Å². The Labute approximate surface area is 175 Å². The van der Waals surface area contributed by atoms with Crippen molar-refractivity contribution in [2.75, 3.05) is 5.73 Å². The van der Waals surface area contributed by atoms with Crippen molar-refractivity contribution in [3.63, 3.8) is 0 Å². The van der Waals surface area contributed by atoms with Gasteiger partial charge in [0.05, 0.1) is 0 Å². The molecule has 3 heteroatoms. The molecule has 1 aliphatic rings. The van der Waals surface area contributed by atoms with Gasteiger partial charge in [0.1, 0.15) is 5.75 Å². The maximum Gasteiger partial charge on any atom is 0.217 e. The van der Waals surface area contributed by atoms with E-state index in [1.54, 1.807) is 30.3 Å². The van der Waals surface area contributed by atoms with Crippen molar-refractivity contribution < 1.29 is 9.84 Å². The standard InChI is InChI=1S/C26H35NO2/c1-2-3-4-5-20-6-11-22(12-7-20)23-13-8-21(9-14-23)10-19-26(28)29-25-17-15-24(27)16-18-25/h8-10,13-20,22,26,28H,2-7,11-12,27H2,1H3/b19-10+. The molecular formula is C26H35NO2. The van der Waals surface area contributed by atoms with E-state index in [0.29, 0.717) is 17.4 Å². The molecule has 0 aromatic heterocycles. The van der Waals surface area contributed by atoms with Crippen molar-refractivity contribution in [3.8, 4) is 5.75 Å². The summed E-state index contributed by atoms with van der Waals surface area (Å²) in [6, 6.07) is 15.8. The first-order valence-electron chi connectivity index (χ1n) is 11.1. The molecule has 29 heavy (non-hydrogen) atoms. The van der Waals surface area contributed by atoms with Gasteiger partial charge in [0.2, 0.25) is 6.29 Å². The molecule has 0 saturated heterocycles. The lowest BCUT2D eigenvalue weighted by molar-refractivity contribution is 0.0254. The summed E-state index contributed by atoms with van der Waals surface area (Å²) >= 11 is 0. The maximum absolute atomic E-state index is 10.1. The number of nitrogen functional groups attached to an aromatic ring is 1. The predicted octanol–water partition coefficient (Wildman–Crippen LogP) is 6.53. The van der Waals surface area contributed by atoms with Gasteiger partial charge in [0.25, 0.3) is 0 Å². The molecule has 1 fully saturated rings. The first-order chi connectivity index (χ1) is 14.1. The molecule has 1 saturated carbocycles. The van der Waals surface area contributed by atoms with Gasteiger partial charge in [-0.05, 0) is 79.0 Å². The van der Waals surface area contributed by atoms with Crippen molar-refractivity contribution in [1.29, 1.82) is 0 Å². The van der Waals surface area contributed by atoms with Crippen LogP contribution < -0.4 is 10.5 Å². The van der Waals surface area contributed by atoms with Gasteiger partial charge >= 0.3 is 0 Å². The highest BCUT2D eigenvalue weighted by Crippen LogP contribution is 2.37. The quantitative estimate of drug-likeness (QED) is 0.289. The van der Waals surface area contributed by atoms with Crippen LogP contribution in [0.3, 0.4) is 0 Å². The lowest BCUT2D eigenvalue weighted by Gasteiger charge is -2.29. The Balaban J connectivity index is 1.46. The molecule has 0 bridgehead atoms. The molecule has 2 aromatic carbocycles. The fourth-order valence-electron chi connectivity index (χ4n) is 4.27. The van der Waals surface area contributed by atoms with Crippen LogP contribution in [-0.4, -0.2) is 11.4 Å². The second-order valence-electron chi connectivity index (χ2n) is 8.32. The van der Waals surface area contributed by atoms with Gasteiger partial charge in [0.15, 0.2) is 0 Å². The van der Waals surface area contributed by atoms with Crippen molar-refractivity contribution in [1.82, 2.24) is 0 Å². The van der Waals surface area contributed by atoms with E-state index in [4.69, 9.17) is 10.5 Å². The minimum atomic E-state index is -0.985. The summed E-state index contributed by atoms with van der Waals surface area (Å²) in [6.07, 6.45) is 13.5. The topological polar surface area (TPSA) is 55.5 Å². The minimum Gasteiger partial charge on any atom is -0.461 e. The van der Waals surface area contributed by atoms with E-state index in [0.717, 1.165) is 11.5 Å². The molecular weight excluding hydrogens is 358 g/mol. The fourth-order valence-corrected chi connectivity index (χ4v) is 4.27. The first-order valence-corrected chi connectivity index (χ1v) is 11.1. The van der Waals surface area contributed by atoms with Crippen LogP contribution in [0.4, 0.5) is 5.69 Å². The molecule has 0 spiro atoms. The van der Waals surface area contributed by atoms with Gasteiger partial charge in [-0.1, -0.05) is 62.9 Å². The van der Waals surface area contributed by atoms with Gasteiger partial charge in [-0.3, -0.25) is 0 Å². The number of aliphatic hydroxyl groups excluding tert-OH is 1. The molecule has 3 rings (SSSR count). The molecule has 0 radical (unpaired) electrons.